The van der Waals surface area contributed by atoms with Gasteiger partial charge in [0.15, 0.2) is 0 Å². The highest BCUT2D eigenvalue weighted by Gasteiger charge is 2.07. The van der Waals surface area contributed by atoms with E-state index in [1.54, 1.807) is 6.07 Å². The van der Waals surface area contributed by atoms with E-state index in [2.05, 4.69) is 25.8 Å². The number of benzene rings is 1. The van der Waals surface area contributed by atoms with E-state index in [1.807, 2.05) is 19.1 Å². The van der Waals surface area contributed by atoms with Gasteiger partial charge >= 0.3 is 12.0 Å². The summed E-state index contributed by atoms with van der Waals surface area (Å²) >= 11 is 0. The second kappa shape index (κ2) is 6.71. The smallest absolute Gasteiger partial charge is 0.324 e. The number of rotatable bonds is 6. The molecule has 0 fully saturated rings. The molecule has 2 rings (SSSR count). The number of hydrogen-bond donors (Lipinski definition) is 3. The number of aromatic hydroxyl groups is 1. The van der Waals surface area contributed by atoms with Gasteiger partial charge in [-0.2, -0.15) is 9.97 Å². The molecule has 0 radical (unpaired) electrons. The molecule has 3 N–H and O–H groups in total. The number of phenolic OH excluding ortho intramolecular Hbond substituents is 1. The van der Waals surface area contributed by atoms with Crippen LogP contribution in [-0.4, -0.2) is 34.3 Å². The number of nitrogens with zero attached hydrogens (tertiary/aromatic N) is 3. The van der Waals surface area contributed by atoms with Crippen LogP contribution < -0.4 is 20.3 Å². The Labute approximate surface area is 122 Å². The van der Waals surface area contributed by atoms with E-state index in [4.69, 9.17) is 9.47 Å². The number of hydrazine groups is 1. The van der Waals surface area contributed by atoms with Gasteiger partial charge in [0.1, 0.15) is 5.75 Å². The normalized spacial score (nSPS) is 10.2. The molecule has 0 unspecified atom stereocenters. The van der Waals surface area contributed by atoms with Crippen molar-refractivity contribution in [3.8, 4) is 17.8 Å². The van der Waals surface area contributed by atoms with Crippen LogP contribution in [0.3, 0.4) is 0 Å². The number of methoxy groups -OCH3 is 2. The minimum atomic E-state index is 0.143. The first-order valence-electron chi connectivity index (χ1n) is 6.24. The number of aromatic nitrogens is 3. The third kappa shape index (κ3) is 3.93. The number of phenols is 1. The lowest BCUT2D eigenvalue weighted by atomic mass is 10.1. The molecule has 0 saturated heterocycles. The maximum Gasteiger partial charge on any atom is 0.324 e. The van der Waals surface area contributed by atoms with Crippen LogP contribution in [0.1, 0.15) is 11.1 Å². The van der Waals surface area contributed by atoms with E-state index in [0.29, 0.717) is 6.54 Å². The van der Waals surface area contributed by atoms with Gasteiger partial charge in [0, 0.05) is 12.1 Å². The van der Waals surface area contributed by atoms with Crippen LogP contribution in [-0.2, 0) is 6.54 Å². The minimum Gasteiger partial charge on any atom is -0.508 e. The van der Waals surface area contributed by atoms with Crippen LogP contribution >= 0.6 is 0 Å². The average molecular weight is 291 g/mol. The number of nitrogens with one attached hydrogen (secondary N) is 2. The van der Waals surface area contributed by atoms with Crippen molar-refractivity contribution in [3.05, 3.63) is 29.3 Å². The zero-order chi connectivity index (χ0) is 15.2. The number of ether oxygens (including phenoxy) is 2. The van der Waals surface area contributed by atoms with E-state index in [1.165, 1.54) is 14.2 Å². The van der Waals surface area contributed by atoms with Crippen LogP contribution in [0.15, 0.2) is 18.2 Å². The predicted molar refractivity (Wildman–Crippen MR) is 76.2 cm³/mol. The van der Waals surface area contributed by atoms with Crippen molar-refractivity contribution in [3.63, 3.8) is 0 Å². The van der Waals surface area contributed by atoms with E-state index in [0.717, 1.165) is 11.1 Å². The largest absolute Gasteiger partial charge is 0.508 e. The van der Waals surface area contributed by atoms with Gasteiger partial charge in [0.25, 0.3) is 0 Å². The molecule has 0 aliphatic heterocycles. The fourth-order valence-electron chi connectivity index (χ4n) is 1.62. The molecule has 112 valence electrons. The van der Waals surface area contributed by atoms with E-state index in [-0.39, 0.29) is 23.7 Å². The van der Waals surface area contributed by atoms with Gasteiger partial charge in [0.05, 0.1) is 14.2 Å². The van der Waals surface area contributed by atoms with Crippen molar-refractivity contribution in [1.29, 1.82) is 0 Å². The summed E-state index contributed by atoms with van der Waals surface area (Å²) in [4.78, 5) is 11.9. The molecule has 0 amide bonds. The topological polar surface area (TPSA) is 101 Å². The summed E-state index contributed by atoms with van der Waals surface area (Å²) < 4.78 is 9.89. The first kappa shape index (κ1) is 14.8. The molecule has 0 spiro atoms. The van der Waals surface area contributed by atoms with Crippen LogP contribution in [0, 0.1) is 6.92 Å². The Morgan fingerprint density at radius 2 is 1.76 bits per heavy atom. The molecule has 21 heavy (non-hydrogen) atoms. The minimum absolute atomic E-state index is 0.143. The van der Waals surface area contributed by atoms with Gasteiger partial charge in [-0.1, -0.05) is 12.1 Å². The fourth-order valence-corrected chi connectivity index (χ4v) is 1.62. The first-order chi connectivity index (χ1) is 10.1. The van der Waals surface area contributed by atoms with Crippen molar-refractivity contribution in [2.45, 2.75) is 13.5 Å². The zero-order valence-corrected chi connectivity index (χ0v) is 12.0. The second-order valence-corrected chi connectivity index (χ2v) is 4.24. The summed E-state index contributed by atoms with van der Waals surface area (Å²) in [5.41, 5.74) is 7.46. The Morgan fingerprint density at radius 3 is 2.33 bits per heavy atom. The van der Waals surface area contributed by atoms with Crippen LogP contribution in [0.25, 0.3) is 0 Å². The molecular weight excluding hydrogens is 274 g/mol. The zero-order valence-electron chi connectivity index (χ0n) is 12.0. The third-order valence-electron chi connectivity index (χ3n) is 2.68. The Balaban J connectivity index is 1.99. The summed E-state index contributed by atoms with van der Waals surface area (Å²) in [5, 5.41) is 9.80. The van der Waals surface area contributed by atoms with Crippen LogP contribution in [0.2, 0.25) is 0 Å². The summed E-state index contributed by atoms with van der Waals surface area (Å²) in [6, 6.07) is 5.75. The standard InChI is InChI=1S/C13H17N5O3/c1-8-4-5-9(10(19)6-8)7-14-18-11-15-12(20-2)17-13(16-11)21-3/h4-6,14,19H,7H2,1-3H3,(H,15,16,17,18). The van der Waals surface area contributed by atoms with E-state index in [9.17, 15) is 5.11 Å². The SMILES string of the molecule is COc1nc(NNCc2ccc(C)cc2O)nc(OC)n1. The van der Waals surface area contributed by atoms with Gasteiger partial charge in [0.2, 0.25) is 5.95 Å². The molecule has 0 bridgehead atoms. The highest BCUT2D eigenvalue weighted by atomic mass is 16.5. The molecule has 2 aromatic rings. The Morgan fingerprint density at radius 1 is 1.10 bits per heavy atom. The van der Waals surface area contributed by atoms with Gasteiger partial charge < -0.3 is 14.6 Å². The molecule has 0 aliphatic rings. The summed E-state index contributed by atoms with van der Waals surface area (Å²) in [6.45, 7) is 2.31. The van der Waals surface area contributed by atoms with Crippen molar-refractivity contribution in [1.82, 2.24) is 20.4 Å². The first-order valence-corrected chi connectivity index (χ1v) is 6.24. The van der Waals surface area contributed by atoms with E-state index < -0.39 is 0 Å². The maximum atomic E-state index is 9.80. The van der Waals surface area contributed by atoms with Crippen molar-refractivity contribution in [2.24, 2.45) is 0 Å². The Hall–Kier alpha value is -2.61. The van der Waals surface area contributed by atoms with Crippen LogP contribution in [0.5, 0.6) is 17.8 Å². The number of anilines is 1. The average Bonchev–Trinajstić information content (AvgIpc) is 2.49. The number of aryl methyl sites for hydroxylation is 1. The molecule has 8 nitrogen and oxygen atoms in total. The molecule has 0 atom stereocenters. The number of hydrogen-bond acceptors (Lipinski definition) is 8. The Bertz CT molecular complexity index is 599. The van der Waals surface area contributed by atoms with Gasteiger partial charge in [-0.25, -0.2) is 5.43 Å². The van der Waals surface area contributed by atoms with Crippen molar-refractivity contribution < 1.29 is 14.6 Å². The van der Waals surface area contributed by atoms with Gasteiger partial charge in [-0.3, -0.25) is 5.43 Å². The van der Waals surface area contributed by atoms with Crippen molar-refractivity contribution >= 4 is 5.95 Å². The van der Waals surface area contributed by atoms with E-state index >= 15 is 0 Å². The molecule has 1 aromatic carbocycles. The predicted octanol–water partition coefficient (Wildman–Crippen LogP) is 1.02. The molecule has 8 heteroatoms. The molecule has 0 aliphatic carbocycles. The molecule has 1 aromatic heterocycles. The highest BCUT2D eigenvalue weighted by Crippen LogP contribution is 2.18. The summed E-state index contributed by atoms with van der Waals surface area (Å²) in [5.74, 6) is 0.486. The lowest BCUT2D eigenvalue weighted by Crippen LogP contribution is -2.23. The third-order valence-corrected chi connectivity index (χ3v) is 2.68. The molecule has 1 heterocycles. The monoisotopic (exact) mass is 291 g/mol. The molecular formula is C13H17N5O3. The Kier molecular flexibility index (Phi) is 4.72. The second-order valence-electron chi connectivity index (χ2n) is 4.24. The maximum absolute atomic E-state index is 9.80. The summed E-state index contributed by atoms with van der Waals surface area (Å²) in [7, 11) is 2.91. The summed E-state index contributed by atoms with van der Waals surface area (Å²) in [6.07, 6.45) is 0. The van der Waals surface area contributed by atoms with Crippen LogP contribution in [0.4, 0.5) is 5.95 Å². The van der Waals surface area contributed by atoms with Gasteiger partial charge in [-0.05, 0) is 18.6 Å². The molecule has 0 saturated carbocycles. The van der Waals surface area contributed by atoms with Gasteiger partial charge in [-0.15, -0.1) is 4.98 Å². The van der Waals surface area contributed by atoms with Crippen molar-refractivity contribution in [2.75, 3.05) is 19.6 Å². The quantitative estimate of drug-likeness (QED) is 0.678. The fraction of sp³-hybridized carbons (Fsp3) is 0.308. The lowest BCUT2D eigenvalue weighted by Gasteiger charge is -2.10. The lowest BCUT2D eigenvalue weighted by molar-refractivity contribution is 0.340. The highest BCUT2D eigenvalue weighted by molar-refractivity contribution is 5.36.